The van der Waals surface area contributed by atoms with Gasteiger partial charge >= 0.3 is 12.2 Å². The number of alkyl halides is 4. The number of amides is 1. The van der Waals surface area contributed by atoms with Gasteiger partial charge in [-0.3, -0.25) is 9.69 Å². The molecular formula is C28H24F6N6O3S. The van der Waals surface area contributed by atoms with Gasteiger partial charge in [0.2, 0.25) is 11.8 Å². The number of ether oxygens (including phenoxy) is 2. The molecule has 44 heavy (non-hydrogen) atoms. The molecule has 2 aliphatic heterocycles. The largest absolute Gasteiger partial charge is 0.470 e. The van der Waals surface area contributed by atoms with Gasteiger partial charge in [0.1, 0.15) is 30.2 Å². The van der Waals surface area contributed by atoms with Crippen LogP contribution < -0.4 is 15.2 Å². The number of thiazole rings is 1. The molecule has 0 unspecified atom stereocenters. The van der Waals surface area contributed by atoms with Crippen molar-refractivity contribution < 1.29 is 40.6 Å². The lowest BCUT2D eigenvalue weighted by Gasteiger charge is -2.38. The van der Waals surface area contributed by atoms with Crippen molar-refractivity contribution >= 4 is 43.5 Å². The van der Waals surface area contributed by atoms with Crippen molar-refractivity contribution in [3.8, 4) is 23.0 Å². The minimum absolute atomic E-state index is 0.0846. The highest BCUT2D eigenvalue weighted by molar-refractivity contribution is 7.22. The fraction of sp³-hybridized carbons (Fsp3) is 0.357. The molecule has 16 heteroatoms. The minimum atomic E-state index is -5.08. The van der Waals surface area contributed by atoms with Gasteiger partial charge in [0.15, 0.2) is 10.9 Å². The summed E-state index contributed by atoms with van der Waals surface area (Å²) in [4.78, 5) is 27.2. The lowest BCUT2D eigenvalue weighted by Crippen LogP contribution is -2.55. The summed E-state index contributed by atoms with van der Waals surface area (Å²) in [5.74, 6) is -2.94. The first kappa shape index (κ1) is 29.9. The van der Waals surface area contributed by atoms with Gasteiger partial charge in [-0.05, 0) is 37.7 Å². The van der Waals surface area contributed by atoms with Crippen LogP contribution >= 0.6 is 11.3 Å². The zero-order chi connectivity index (χ0) is 31.5. The van der Waals surface area contributed by atoms with E-state index in [1.807, 2.05) is 0 Å². The van der Waals surface area contributed by atoms with Crippen molar-refractivity contribution in [3.05, 3.63) is 48.1 Å². The maximum atomic E-state index is 16.5. The molecule has 0 spiro atoms. The zero-order valence-corrected chi connectivity index (χ0v) is 23.8. The lowest BCUT2D eigenvalue weighted by atomic mass is 9.95. The molecule has 2 fully saturated rings. The van der Waals surface area contributed by atoms with Crippen molar-refractivity contribution in [2.45, 2.75) is 30.9 Å². The Kier molecular flexibility index (Phi) is 7.52. The number of rotatable bonds is 7. The van der Waals surface area contributed by atoms with E-state index in [-0.39, 0.29) is 65.5 Å². The van der Waals surface area contributed by atoms with Crippen LogP contribution in [0.25, 0.3) is 32.2 Å². The van der Waals surface area contributed by atoms with Gasteiger partial charge in [0.05, 0.1) is 34.3 Å². The van der Waals surface area contributed by atoms with Crippen LogP contribution in [-0.4, -0.2) is 82.3 Å². The predicted octanol–water partition coefficient (Wildman–Crippen LogP) is 4.98. The van der Waals surface area contributed by atoms with Crippen LogP contribution in [0.3, 0.4) is 0 Å². The number of carbonyl (C=O) groups excluding carboxylic acids is 1. The Labute approximate surface area is 249 Å². The van der Waals surface area contributed by atoms with E-state index >= 15 is 4.39 Å². The summed E-state index contributed by atoms with van der Waals surface area (Å²) in [6.45, 7) is 3.69. The first-order valence-corrected chi connectivity index (χ1v) is 14.2. The summed E-state index contributed by atoms with van der Waals surface area (Å²) in [5, 5.41) is -0.524. The van der Waals surface area contributed by atoms with Crippen LogP contribution in [0.1, 0.15) is 12.0 Å². The van der Waals surface area contributed by atoms with E-state index < -0.39 is 64.0 Å². The van der Waals surface area contributed by atoms with Gasteiger partial charge in [0.25, 0.3) is 0 Å². The van der Waals surface area contributed by atoms with Gasteiger partial charge in [-0.1, -0.05) is 17.9 Å². The van der Waals surface area contributed by atoms with E-state index in [1.165, 1.54) is 4.90 Å². The summed E-state index contributed by atoms with van der Waals surface area (Å²) in [6.07, 6.45) is -5.55. The SMILES string of the molecule is C=CC(=O)N1CC(Oc2nc(OC[C@@H]3C[C@@H](F)CN3C)nc3c(F)c(-c4ccc(F)c5sc(N)nc45)c(C(F)(F)F)cc23)C1. The van der Waals surface area contributed by atoms with Crippen molar-refractivity contribution in [1.82, 2.24) is 24.8 Å². The standard InChI is InChI=1S/C28H24F6N6O3S/c1-3-19(41)40-9-14(10-40)43-25-16-7-17(28(32,33)34)20(15-4-5-18(30)24-23(15)36-26(35)44-24)21(31)22(16)37-27(38-25)42-11-13-6-12(29)8-39(13)2/h3-5,7,12-14H,1,6,8-11H2,2H3,(H2,35,36)/t12-,13+/m1/s1. The van der Waals surface area contributed by atoms with E-state index in [0.717, 1.165) is 18.2 Å². The Hall–Kier alpha value is -4.18. The van der Waals surface area contributed by atoms with Crippen LogP contribution in [0.5, 0.6) is 11.9 Å². The third-order valence-electron chi connectivity index (χ3n) is 7.62. The number of likely N-dealkylation sites (tertiary alicyclic amines) is 2. The van der Waals surface area contributed by atoms with E-state index in [1.54, 1.807) is 11.9 Å². The average molecular weight is 639 g/mol. The van der Waals surface area contributed by atoms with Crippen molar-refractivity contribution in [2.75, 3.05) is 39.0 Å². The average Bonchev–Trinajstić information content (AvgIpc) is 3.49. The van der Waals surface area contributed by atoms with Gasteiger partial charge in [-0.25, -0.2) is 18.2 Å². The smallest absolute Gasteiger partial charge is 0.417 e. The lowest BCUT2D eigenvalue weighted by molar-refractivity contribution is -0.137. The normalized spacial score (nSPS) is 19.5. The molecule has 6 rings (SSSR count). The highest BCUT2D eigenvalue weighted by Crippen LogP contribution is 2.46. The number of halogens is 6. The first-order valence-electron chi connectivity index (χ1n) is 13.4. The number of hydrogen-bond donors (Lipinski definition) is 1. The Morgan fingerprint density at radius 2 is 1.93 bits per heavy atom. The van der Waals surface area contributed by atoms with Gasteiger partial charge < -0.3 is 20.1 Å². The van der Waals surface area contributed by atoms with E-state index in [9.17, 15) is 26.7 Å². The number of anilines is 1. The van der Waals surface area contributed by atoms with E-state index in [2.05, 4.69) is 21.5 Å². The third kappa shape index (κ3) is 5.36. The van der Waals surface area contributed by atoms with Gasteiger partial charge in [0, 0.05) is 23.7 Å². The number of nitrogens with zero attached hydrogens (tertiary/aromatic N) is 5. The molecule has 4 aromatic rings. The number of carbonyl (C=O) groups is 1. The number of fused-ring (bicyclic) bond motifs is 2. The summed E-state index contributed by atoms with van der Waals surface area (Å²) in [7, 11) is 1.70. The van der Waals surface area contributed by atoms with E-state index in [0.29, 0.717) is 17.4 Å². The van der Waals surface area contributed by atoms with Crippen molar-refractivity contribution in [3.63, 3.8) is 0 Å². The number of hydrogen-bond acceptors (Lipinski definition) is 9. The summed E-state index contributed by atoms with van der Waals surface area (Å²) < 4.78 is 99.9. The van der Waals surface area contributed by atoms with Crippen LogP contribution in [0.2, 0.25) is 0 Å². The Morgan fingerprint density at radius 3 is 2.59 bits per heavy atom. The number of nitrogens with two attached hydrogens (primary N) is 1. The van der Waals surface area contributed by atoms with Gasteiger partial charge in [-0.2, -0.15) is 23.1 Å². The second-order valence-electron chi connectivity index (χ2n) is 10.6. The Balaban J connectivity index is 1.50. The second-order valence-corrected chi connectivity index (χ2v) is 11.6. The number of likely N-dealkylation sites (N-methyl/N-ethyl adjacent to an activating group) is 1. The van der Waals surface area contributed by atoms with Crippen LogP contribution in [0.4, 0.5) is 31.5 Å². The third-order valence-corrected chi connectivity index (χ3v) is 8.51. The Morgan fingerprint density at radius 1 is 1.18 bits per heavy atom. The molecule has 0 saturated carbocycles. The second kappa shape index (κ2) is 11.1. The monoisotopic (exact) mass is 638 g/mol. The molecule has 9 nitrogen and oxygen atoms in total. The summed E-state index contributed by atoms with van der Waals surface area (Å²) >= 11 is 0.711. The quantitative estimate of drug-likeness (QED) is 0.223. The molecule has 2 saturated heterocycles. The molecule has 0 bridgehead atoms. The number of aromatic nitrogens is 3. The molecule has 2 aromatic carbocycles. The maximum Gasteiger partial charge on any atom is 0.417 e. The molecule has 2 atom stereocenters. The molecule has 2 N–H and O–H groups in total. The minimum Gasteiger partial charge on any atom is -0.470 e. The number of benzene rings is 2. The predicted molar refractivity (Wildman–Crippen MR) is 150 cm³/mol. The molecule has 4 heterocycles. The van der Waals surface area contributed by atoms with Crippen LogP contribution in [0, 0.1) is 11.6 Å². The molecule has 2 aromatic heterocycles. The fourth-order valence-corrected chi connectivity index (χ4v) is 6.14. The van der Waals surface area contributed by atoms with Crippen LogP contribution in [0.15, 0.2) is 30.9 Å². The zero-order valence-electron chi connectivity index (χ0n) is 23.0. The van der Waals surface area contributed by atoms with E-state index in [4.69, 9.17) is 15.2 Å². The van der Waals surface area contributed by atoms with Crippen LogP contribution in [-0.2, 0) is 11.0 Å². The molecule has 232 valence electrons. The summed E-state index contributed by atoms with van der Waals surface area (Å²) in [5.41, 5.74) is 2.25. The molecule has 0 aliphatic carbocycles. The molecule has 0 radical (unpaired) electrons. The van der Waals surface area contributed by atoms with Crippen molar-refractivity contribution in [2.24, 2.45) is 0 Å². The highest BCUT2D eigenvalue weighted by Gasteiger charge is 2.39. The summed E-state index contributed by atoms with van der Waals surface area (Å²) in [6, 6.07) is 1.80. The number of nitrogen functional groups attached to an aromatic ring is 1. The van der Waals surface area contributed by atoms with Crippen molar-refractivity contribution in [1.29, 1.82) is 0 Å². The molecule has 2 aliphatic rings. The van der Waals surface area contributed by atoms with Gasteiger partial charge in [-0.15, -0.1) is 0 Å². The maximum absolute atomic E-state index is 16.5. The fourth-order valence-electron chi connectivity index (χ4n) is 5.37. The first-order chi connectivity index (χ1) is 20.8. The molecular weight excluding hydrogens is 614 g/mol. The highest BCUT2D eigenvalue weighted by atomic mass is 32.1. The molecule has 1 amide bonds. The Bertz CT molecular complexity index is 1790. The topological polar surface area (TPSA) is 107 Å².